The third kappa shape index (κ3) is 11.7. The molecule has 314 valence electrons. The SMILES string of the molecule is CCCC(NC(=O)C1C[C@@H](OC(=O)N2CCc3ccccc3C2)CN1C(=O)[C@@H](NC(=O)[C@@H](O)Cc1ccccc1)C(C)C)C(=O)C(=O)N[C@@H](Cc1ccccc1)C(=O)O. The van der Waals surface area contributed by atoms with Crippen molar-refractivity contribution in [1.82, 2.24) is 25.8 Å². The number of carboxylic acid groups (broad SMARTS) is 1. The molecule has 0 radical (unpaired) electrons. The molecule has 2 aliphatic heterocycles. The molecular formula is C44H53N5O10. The monoisotopic (exact) mass is 811 g/mol. The van der Waals surface area contributed by atoms with Crippen LogP contribution in [0.1, 0.15) is 62.3 Å². The minimum absolute atomic E-state index is 0.000680. The van der Waals surface area contributed by atoms with Gasteiger partial charge < -0.3 is 40.7 Å². The van der Waals surface area contributed by atoms with Crippen LogP contribution in [0.15, 0.2) is 84.9 Å². The van der Waals surface area contributed by atoms with Crippen LogP contribution in [0.2, 0.25) is 0 Å². The maximum atomic E-state index is 14.4. The summed E-state index contributed by atoms with van der Waals surface area (Å²) >= 11 is 0. The lowest BCUT2D eigenvalue weighted by Gasteiger charge is -2.31. The van der Waals surface area contributed by atoms with Gasteiger partial charge in [0.05, 0.1) is 12.6 Å². The molecule has 59 heavy (non-hydrogen) atoms. The number of fused-ring (bicyclic) bond motifs is 1. The number of aliphatic hydroxyl groups is 1. The van der Waals surface area contributed by atoms with Crippen molar-refractivity contribution in [3.63, 3.8) is 0 Å². The van der Waals surface area contributed by atoms with E-state index in [1.54, 1.807) is 86.3 Å². The highest BCUT2D eigenvalue weighted by Crippen LogP contribution is 2.26. The van der Waals surface area contributed by atoms with E-state index in [0.717, 1.165) is 11.1 Å². The number of hydrogen-bond acceptors (Lipinski definition) is 9. The van der Waals surface area contributed by atoms with Crippen LogP contribution in [0.4, 0.5) is 4.79 Å². The maximum Gasteiger partial charge on any atom is 0.410 e. The molecule has 0 aliphatic carbocycles. The second-order valence-electron chi connectivity index (χ2n) is 15.4. The minimum Gasteiger partial charge on any atom is -0.480 e. The highest BCUT2D eigenvalue weighted by molar-refractivity contribution is 6.38. The average molecular weight is 812 g/mol. The Hall–Kier alpha value is -6.09. The number of rotatable bonds is 17. The largest absolute Gasteiger partial charge is 0.480 e. The summed E-state index contributed by atoms with van der Waals surface area (Å²) < 4.78 is 5.90. The van der Waals surface area contributed by atoms with Gasteiger partial charge in [-0.2, -0.15) is 0 Å². The van der Waals surface area contributed by atoms with Gasteiger partial charge in [-0.3, -0.25) is 24.0 Å². The minimum atomic E-state index is -1.48. The number of carbonyl (C=O) groups excluding carboxylic acids is 6. The van der Waals surface area contributed by atoms with Crippen LogP contribution in [0.5, 0.6) is 0 Å². The number of likely N-dealkylation sites (tertiary alicyclic amines) is 1. The van der Waals surface area contributed by atoms with Gasteiger partial charge in [0, 0.05) is 32.4 Å². The Kier molecular flexibility index (Phi) is 15.3. The third-order valence-corrected chi connectivity index (χ3v) is 10.6. The smallest absolute Gasteiger partial charge is 0.410 e. The number of hydrogen-bond donors (Lipinski definition) is 5. The van der Waals surface area contributed by atoms with Gasteiger partial charge in [0.15, 0.2) is 0 Å². The van der Waals surface area contributed by atoms with Crippen molar-refractivity contribution < 1.29 is 48.5 Å². The lowest BCUT2D eigenvalue weighted by molar-refractivity contribution is -0.146. The zero-order valence-corrected chi connectivity index (χ0v) is 33.5. The summed E-state index contributed by atoms with van der Waals surface area (Å²) in [6.45, 7) is 5.63. The molecule has 2 unspecified atom stereocenters. The fourth-order valence-electron chi connectivity index (χ4n) is 7.38. The molecular weight excluding hydrogens is 759 g/mol. The summed E-state index contributed by atoms with van der Waals surface area (Å²) in [5, 5.41) is 28.1. The van der Waals surface area contributed by atoms with Gasteiger partial charge in [0.1, 0.15) is 30.3 Å². The van der Waals surface area contributed by atoms with E-state index in [9.17, 15) is 43.8 Å². The molecule has 5 N–H and O–H groups in total. The second-order valence-corrected chi connectivity index (χ2v) is 15.4. The van der Waals surface area contributed by atoms with Crippen molar-refractivity contribution >= 4 is 41.5 Å². The number of benzene rings is 3. The van der Waals surface area contributed by atoms with Crippen molar-refractivity contribution in [2.24, 2.45) is 5.92 Å². The summed E-state index contributed by atoms with van der Waals surface area (Å²) in [4.78, 5) is 96.9. The molecule has 15 nitrogen and oxygen atoms in total. The highest BCUT2D eigenvalue weighted by Gasteiger charge is 2.46. The van der Waals surface area contributed by atoms with E-state index >= 15 is 0 Å². The van der Waals surface area contributed by atoms with Gasteiger partial charge in [-0.25, -0.2) is 9.59 Å². The quantitative estimate of drug-likeness (QED) is 0.126. The third-order valence-electron chi connectivity index (χ3n) is 10.6. The number of carboxylic acids is 1. The molecule has 0 aromatic heterocycles. The lowest BCUT2D eigenvalue weighted by atomic mass is 10.0. The van der Waals surface area contributed by atoms with E-state index < -0.39 is 83.8 Å². The first-order valence-electron chi connectivity index (χ1n) is 20.0. The molecule has 15 heteroatoms. The summed E-state index contributed by atoms with van der Waals surface area (Å²) in [5.41, 5.74) is 3.44. The number of Topliss-reactive ketones (excluding diaryl/α,β-unsaturated/α-hetero) is 1. The number of amides is 5. The van der Waals surface area contributed by atoms with E-state index in [1.807, 2.05) is 24.3 Å². The Labute approximate surface area is 343 Å². The first-order valence-corrected chi connectivity index (χ1v) is 20.0. The van der Waals surface area contributed by atoms with Crippen LogP contribution < -0.4 is 16.0 Å². The van der Waals surface area contributed by atoms with Gasteiger partial charge >= 0.3 is 12.1 Å². The fraction of sp³-hybridized carbons (Fsp3) is 0.432. The molecule has 5 amide bonds. The number of aliphatic hydroxyl groups excluding tert-OH is 1. The Morgan fingerprint density at radius 1 is 0.797 bits per heavy atom. The van der Waals surface area contributed by atoms with Crippen molar-refractivity contribution in [2.75, 3.05) is 13.1 Å². The molecule has 3 aromatic carbocycles. The summed E-state index contributed by atoms with van der Waals surface area (Å²) in [5.74, 6) is -6.39. The Morgan fingerprint density at radius 2 is 1.41 bits per heavy atom. The van der Waals surface area contributed by atoms with Crippen molar-refractivity contribution in [3.05, 3.63) is 107 Å². The van der Waals surface area contributed by atoms with Gasteiger partial charge in [-0.05, 0) is 41.0 Å². The van der Waals surface area contributed by atoms with E-state index in [1.165, 1.54) is 4.90 Å². The van der Waals surface area contributed by atoms with E-state index in [2.05, 4.69) is 16.0 Å². The molecule has 3 aromatic rings. The number of ketones is 1. The summed E-state index contributed by atoms with van der Waals surface area (Å²) in [7, 11) is 0. The predicted molar refractivity (Wildman–Crippen MR) is 215 cm³/mol. The fourth-order valence-corrected chi connectivity index (χ4v) is 7.38. The van der Waals surface area contributed by atoms with Crippen LogP contribution in [0.3, 0.4) is 0 Å². The Balaban J connectivity index is 1.33. The van der Waals surface area contributed by atoms with Crippen LogP contribution in [0.25, 0.3) is 0 Å². The van der Waals surface area contributed by atoms with Crippen molar-refractivity contribution in [1.29, 1.82) is 0 Å². The number of nitrogens with one attached hydrogen (secondary N) is 3. The van der Waals surface area contributed by atoms with Crippen LogP contribution in [-0.2, 0) is 59.3 Å². The zero-order chi connectivity index (χ0) is 42.6. The van der Waals surface area contributed by atoms with Gasteiger partial charge in [-0.1, -0.05) is 112 Å². The molecule has 6 atom stereocenters. The van der Waals surface area contributed by atoms with Crippen LogP contribution in [0, 0.1) is 5.92 Å². The van der Waals surface area contributed by atoms with Gasteiger partial charge in [0.25, 0.3) is 5.91 Å². The molecule has 2 heterocycles. The second kappa shape index (κ2) is 20.6. The molecule has 1 fully saturated rings. The molecule has 0 bridgehead atoms. The van der Waals surface area contributed by atoms with Crippen molar-refractivity contribution in [3.8, 4) is 0 Å². The van der Waals surface area contributed by atoms with E-state index in [4.69, 9.17) is 4.74 Å². The Morgan fingerprint density at radius 3 is 2.02 bits per heavy atom. The first-order chi connectivity index (χ1) is 28.2. The lowest BCUT2D eigenvalue weighted by Crippen LogP contribution is -2.58. The number of nitrogens with zero attached hydrogens (tertiary/aromatic N) is 2. The van der Waals surface area contributed by atoms with Crippen LogP contribution >= 0.6 is 0 Å². The predicted octanol–water partition coefficient (Wildman–Crippen LogP) is 2.56. The summed E-state index contributed by atoms with van der Waals surface area (Å²) in [6.07, 6.45) is -2.30. The van der Waals surface area contributed by atoms with Crippen LogP contribution in [-0.4, -0.2) is 111 Å². The number of ether oxygens (including phenoxy) is 1. The number of aliphatic carboxylic acids is 1. The molecule has 0 spiro atoms. The van der Waals surface area contributed by atoms with Gasteiger partial charge in [-0.15, -0.1) is 0 Å². The highest BCUT2D eigenvalue weighted by atomic mass is 16.6. The summed E-state index contributed by atoms with van der Waals surface area (Å²) in [6, 6.07) is 19.9. The van der Waals surface area contributed by atoms with E-state index in [-0.39, 0.29) is 32.2 Å². The molecule has 0 saturated carbocycles. The zero-order valence-electron chi connectivity index (χ0n) is 33.5. The average Bonchev–Trinajstić information content (AvgIpc) is 3.66. The van der Waals surface area contributed by atoms with E-state index in [0.29, 0.717) is 37.1 Å². The molecule has 1 saturated heterocycles. The maximum absolute atomic E-state index is 14.4. The Bertz CT molecular complexity index is 1980. The van der Waals surface area contributed by atoms with Gasteiger partial charge in [0.2, 0.25) is 23.5 Å². The standard InChI is InChI=1S/C44H53N5O10/c1-4-13-33(38(51)41(54)46-34(43(56)57)22-28-14-7-5-8-15-28)45-39(52)35-24-32(59-44(58)48-21-20-30-18-11-12-19-31(30)25-48)26-49(35)42(55)37(27(2)3)47-40(53)36(50)23-29-16-9-6-10-17-29/h5-12,14-19,27,32-37,50H,4,13,20-26H2,1-3H3,(H,45,52)(H,46,54)(H,47,53)(H,56,57)/t32-,33?,34+,35?,36+,37+/m1/s1. The number of carbonyl (C=O) groups is 7. The molecule has 5 rings (SSSR count). The van der Waals surface area contributed by atoms with Crippen molar-refractivity contribution in [2.45, 2.75) is 102 Å². The molecule has 2 aliphatic rings. The first kappa shape index (κ1) is 44.0. The normalized spacial score (nSPS) is 18.1. The topological polar surface area (TPSA) is 212 Å².